The van der Waals surface area contributed by atoms with Gasteiger partial charge in [-0.3, -0.25) is 4.79 Å². The minimum Gasteiger partial charge on any atom is -0.479 e. The molecule has 0 bridgehead atoms. The molecule has 0 aromatic rings. The number of carbonyl (C=O) groups excluding carboxylic acids is 1. The number of hydrogen-bond donors (Lipinski definition) is 2. The highest BCUT2D eigenvalue weighted by molar-refractivity contribution is 5.81. The van der Waals surface area contributed by atoms with Crippen molar-refractivity contribution in [2.24, 2.45) is 56.7 Å². The molecule has 0 amide bonds. The Morgan fingerprint density at radius 1 is 0.946 bits per heavy atom. The zero-order valence-electron chi connectivity index (χ0n) is 24.2. The molecule has 0 aromatic carbocycles. The van der Waals surface area contributed by atoms with Gasteiger partial charge in [0.15, 0.2) is 6.61 Å². The molecule has 0 saturated heterocycles. The SMILES string of the molecule is C[C@@H]1[C@@H](C)CC[C@@]2(C(=O)OCC(=O)O)CC[C@@]3(C)C(=CC[C@H]4[C@]5(C)CC[C@@H](O)C(C)(C)[C@H]5CC[C@@]43C)[C@@H]12. The van der Waals surface area contributed by atoms with Gasteiger partial charge in [0.05, 0.1) is 11.5 Å². The molecule has 5 nitrogen and oxygen atoms in total. The lowest BCUT2D eigenvalue weighted by Crippen LogP contribution is -2.65. The molecular weight excluding hydrogens is 464 g/mol. The van der Waals surface area contributed by atoms with Gasteiger partial charge in [-0.15, -0.1) is 0 Å². The van der Waals surface area contributed by atoms with Crippen LogP contribution in [0.5, 0.6) is 0 Å². The van der Waals surface area contributed by atoms with Crippen LogP contribution in [0.3, 0.4) is 0 Å². The molecule has 0 aliphatic heterocycles. The summed E-state index contributed by atoms with van der Waals surface area (Å²) < 4.78 is 5.46. The van der Waals surface area contributed by atoms with Crippen LogP contribution in [0, 0.1) is 56.7 Å². The average Bonchev–Trinajstić information content (AvgIpc) is 2.83. The number of fused-ring (bicyclic) bond motifs is 7. The van der Waals surface area contributed by atoms with Gasteiger partial charge < -0.3 is 14.9 Å². The summed E-state index contributed by atoms with van der Waals surface area (Å²) in [7, 11) is 0. The summed E-state index contributed by atoms with van der Waals surface area (Å²) in [5.41, 5.74) is 1.15. The number of hydrogen-bond acceptors (Lipinski definition) is 4. The van der Waals surface area contributed by atoms with Crippen LogP contribution in [0.1, 0.15) is 106 Å². The zero-order chi connectivity index (χ0) is 27.2. The highest BCUT2D eigenvalue weighted by Gasteiger charge is 2.69. The van der Waals surface area contributed by atoms with E-state index < -0.39 is 18.0 Å². The normalized spacial score (nSPS) is 50.4. The van der Waals surface area contributed by atoms with Crippen LogP contribution in [-0.4, -0.2) is 34.9 Å². The van der Waals surface area contributed by atoms with Crippen molar-refractivity contribution in [2.75, 3.05) is 6.61 Å². The molecule has 208 valence electrons. The van der Waals surface area contributed by atoms with Crippen molar-refractivity contribution in [3.63, 3.8) is 0 Å². The number of aliphatic carboxylic acids is 1. The average molecular weight is 515 g/mol. The van der Waals surface area contributed by atoms with Crippen LogP contribution in [0.25, 0.3) is 0 Å². The van der Waals surface area contributed by atoms with Gasteiger partial charge in [-0.25, -0.2) is 4.79 Å². The molecule has 0 unspecified atom stereocenters. The summed E-state index contributed by atoms with van der Waals surface area (Å²) in [6.07, 6.45) is 11.2. The maximum atomic E-state index is 13.7. The fourth-order valence-corrected chi connectivity index (χ4v) is 11.1. The van der Waals surface area contributed by atoms with E-state index in [4.69, 9.17) is 4.74 Å². The first kappa shape index (κ1) is 27.2. The second-order valence-corrected chi connectivity index (χ2v) is 15.1. The molecule has 10 atom stereocenters. The number of carboxylic acids is 1. The van der Waals surface area contributed by atoms with Crippen molar-refractivity contribution in [3.05, 3.63) is 11.6 Å². The number of esters is 1. The van der Waals surface area contributed by atoms with Crippen LogP contribution in [0.15, 0.2) is 11.6 Å². The smallest absolute Gasteiger partial charge is 0.341 e. The first-order valence-corrected chi connectivity index (χ1v) is 14.9. The second kappa shape index (κ2) is 8.57. The Morgan fingerprint density at radius 3 is 2.32 bits per heavy atom. The Labute approximate surface area is 223 Å². The molecule has 4 fully saturated rings. The van der Waals surface area contributed by atoms with Crippen LogP contribution in [0.4, 0.5) is 0 Å². The molecule has 0 radical (unpaired) electrons. The minimum absolute atomic E-state index is 0.0106. The lowest BCUT2D eigenvalue weighted by Gasteiger charge is -2.71. The van der Waals surface area contributed by atoms with Crippen molar-refractivity contribution in [1.29, 1.82) is 0 Å². The molecule has 2 N–H and O–H groups in total. The molecule has 0 spiro atoms. The standard InChI is InChI=1S/C32H50O5/c1-19-10-15-32(27(36)37-18-25(34)35)17-16-30(6)21(26(32)20(19)2)8-9-23-29(5)13-12-24(33)28(3,4)22(29)11-14-31(23,30)7/h8,19-20,22-24,26,33H,9-18H2,1-7H3,(H,34,35)/t19-,20+,22+,23-,24+,26+,29+,30-,31-,32+/m0/s1. The number of allylic oxidation sites excluding steroid dienone is 2. The van der Waals surface area contributed by atoms with Crippen molar-refractivity contribution < 1.29 is 24.5 Å². The molecular formula is C32H50O5. The molecule has 0 heterocycles. The predicted octanol–water partition coefficient (Wildman–Crippen LogP) is 6.63. The monoisotopic (exact) mass is 514 g/mol. The highest BCUT2D eigenvalue weighted by Crippen LogP contribution is 2.75. The fourth-order valence-electron chi connectivity index (χ4n) is 11.1. The first-order valence-electron chi connectivity index (χ1n) is 14.9. The van der Waals surface area contributed by atoms with Crippen molar-refractivity contribution in [2.45, 2.75) is 112 Å². The second-order valence-electron chi connectivity index (χ2n) is 15.1. The van der Waals surface area contributed by atoms with Crippen molar-refractivity contribution in [1.82, 2.24) is 0 Å². The Balaban J connectivity index is 1.57. The van der Waals surface area contributed by atoms with E-state index in [-0.39, 0.29) is 39.7 Å². The molecule has 37 heavy (non-hydrogen) atoms. The van der Waals surface area contributed by atoms with Gasteiger partial charge in [-0.1, -0.05) is 60.1 Å². The van der Waals surface area contributed by atoms with Gasteiger partial charge in [0.25, 0.3) is 0 Å². The number of carboxylic acid groups (broad SMARTS) is 1. The quantitative estimate of drug-likeness (QED) is 0.326. The Kier molecular flexibility index (Phi) is 6.30. The lowest BCUT2D eigenvalue weighted by atomic mass is 9.33. The molecule has 4 saturated carbocycles. The van der Waals surface area contributed by atoms with E-state index in [0.29, 0.717) is 23.7 Å². The van der Waals surface area contributed by atoms with Crippen LogP contribution in [-0.2, 0) is 14.3 Å². The summed E-state index contributed by atoms with van der Waals surface area (Å²) in [6.45, 7) is 16.2. The zero-order valence-corrected chi connectivity index (χ0v) is 24.2. The highest BCUT2D eigenvalue weighted by atomic mass is 16.6. The van der Waals surface area contributed by atoms with E-state index in [2.05, 4.69) is 54.5 Å². The van der Waals surface area contributed by atoms with Crippen LogP contribution in [0.2, 0.25) is 0 Å². The number of rotatable bonds is 3. The lowest BCUT2D eigenvalue weighted by molar-refractivity contribution is -0.207. The summed E-state index contributed by atoms with van der Waals surface area (Å²) in [6, 6.07) is 0. The summed E-state index contributed by atoms with van der Waals surface area (Å²) >= 11 is 0. The molecule has 0 aromatic heterocycles. The van der Waals surface area contributed by atoms with E-state index >= 15 is 0 Å². The van der Waals surface area contributed by atoms with Crippen LogP contribution >= 0.6 is 0 Å². The van der Waals surface area contributed by atoms with E-state index in [1.807, 2.05) is 0 Å². The van der Waals surface area contributed by atoms with Gasteiger partial charge in [-0.2, -0.15) is 0 Å². The number of aliphatic hydroxyl groups excluding tert-OH is 1. The third-order valence-corrected chi connectivity index (χ3v) is 13.7. The van der Waals surface area contributed by atoms with E-state index in [1.54, 1.807) is 0 Å². The molecule has 5 aliphatic rings. The maximum absolute atomic E-state index is 13.7. The van der Waals surface area contributed by atoms with Crippen LogP contribution < -0.4 is 0 Å². The van der Waals surface area contributed by atoms with Gasteiger partial charge in [-0.05, 0) is 109 Å². The summed E-state index contributed by atoms with van der Waals surface area (Å²) in [4.78, 5) is 24.9. The Hall–Kier alpha value is -1.36. The summed E-state index contributed by atoms with van der Waals surface area (Å²) in [5.74, 6) is 0.694. The fraction of sp³-hybridized carbons (Fsp3) is 0.875. The Bertz CT molecular complexity index is 999. The third kappa shape index (κ3) is 3.50. The summed E-state index contributed by atoms with van der Waals surface area (Å²) in [5, 5.41) is 20.1. The topological polar surface area (TPSA) is 83.8 Å². The maximum Gasteiger partial charge on any atom is 0.341 e. The van der Waals surface area contributed by atoms with E-state index in [1.165, 1.54) is 5.57 Å². The van der Waals surface area contributed by atoms with Gasteiger partial charge in [0, 0.05) is 0 Å². The molecule has 5 rings (SSSR count). The minimum atomic E-state index is -1.09. The number of ether oxygens (including phenoxy) is 1. The molecule has 5 heteroatoms. The van der Waals surface area contributed by atoms with E-state index in [9.17, 15) is 19.8 Å². The Morgan fingerprint density at radius 2 is 1.65 bits per heavy atom. The number of aliphatic hydroxyl groups is 1. The van der Waals surface area contributed by atoms with Crippen molar-refractivity contribution >= 4 is 11.9 Å². The van der Waals surface area contributed by atoms with E-state index in [0.717, 1.165) is 57.8 Å². The van der Waals surface area contributed by atoms with Gasteiger partial charge >= 0.3 is 11.9 Å². The van der Waals surface area contributed by atoms with Gasteiger partial charge in [0.1, 0.15) is 0 Å². The third-order valence-electron chi connectivity index (χ3n) is 13.7. The number of carbonyl (C=O) groups is 2. The largest absolute Gasteiger partial charge is 0.479 e. The van der Waals surface area contributed by atoms with Gasteiger partial charge in [0.2, 0.25) is 0 Å². The van der Waals surface area contributed by atoms with Crippen molar-refractivity contribution in [3.8, 4) is 0 Å². The first-order chi connectivity index (χ1) is 17.1. The molecule has 5 aliphatic carbocycles. The predicted molar refractivity (Wildman–Crippen MR) is 144 cm³/mol.